The van der Waals surface area contributed by atoms with Crippen LogP contribution in [0, 0.1) is 0 Å². The van der Waals surface area contributed by atoms with Crippen LogP contribution in [0.5, 0.6) is 0 Å². The molecule has 0 aliphatic carbocycles. The number of nitrogen functional groups attached to an aromatic ring is 1. The largest absolute Gasteiger partial charge is 0.394 e. The van der Waals surface area contributed by atoms with Crippen molar-refractivity contribution in [2.24, 2.45) is 5.84 Å². The summed E-state index contributed by atoms with van der Waals surface area (Å²) < 4.78 is 0. The van der Waals surface area contributed by atoms with E-state index in [0.29, 0.717) is 11.6 Å². The van der Waals surface area contributed by atoms with Crippen LogP contribution in [-0.4, -0.2) is 33.7 Å². The lowest BCUT2D eigenvalue weighted by Crippen LogP contribution is -2.14. The van der Waals surface area contributed by atoms with E-state index in [0.717, 1.165) is 11.3 Å². The van der Waals surface area contributed by atoms with Crippen molar-refractivity contribution in [2.45, 2.75) is 11.9 Å². The number of aliphatic hydroxyl groups is 2. The highest BCUT2D eigenvalue weighted by Gasteiger charge is 2.02. The van der Waals surface area contributed by atoms with Crippen molar-refractivity contribution in [1.82, 2.24) is 4.98 Å². The maximum atomic E-state index is 9.11. The minimum absolute atomic E-state index is 0.193. The lowest BCUT2D eigenvalue weighted by atomic mass is 10.3. The maximum Gasteiger partial charge on any atom is 0.139 e. The maximum absolute atomic E-state index is 9.11. The van der Waals surface area contributed by atoms with Gasteiger partial charge in [-0.3, -0.25) is 0 Å². The molecule has 0 saturated carbocycles. The minimum atomic E-state index is -0.645. The Morgan fingerprint density at radius 3 is 2.87 bits per heavy atom. The number of pyridine rings is 1. The second-order valence-corrected chi connectivity index (χ2v) is 4.08. The molecule has 1 rings (SSSR count). The molecule has 0 bridgehead atoms. The van der Waals surface area contributed by atoms with E-state index in [9.17, 15) is 0 Å². The Morgan fingerprint density at radius 1 is 1.53 bits per heavy atom. The second-order valence-electron chi connectivity index (χ2n) is 3.05. The molecular formula is C9H15N3O2S. The topological polar surface area (TPSA) is 91.4 Å². The number of nitrogens with one attached hydrogen (secondary N) is 1. The Balaban J connectivity index is 2.31. The van der Waals surface area contributed by atoms with Gasteiger partial charge in [0.25, 0.3) is 0 Å². The smallest absolute Gasteiger partial charge is 0.139 e. The molecule has 1 heterocycles. The summed E-state index contributed by atoms with van der Waals surface area (Å²) >= 11 is 1.55. The van der Waals surface area contributed by atoms with Gasteiger partial charge in [-0.1, -0.05) is 6.07 Å². The van der Waals surface area contributed by atoms with E-state index in [-0.39, 0.29) is 6.61 Å². The normalized spacial score (nSPS) is 12.5. The van der Waals surface area contributed by atoms with Crippen LogP contribution in [-0.2, 0) is 5.75 Å². The summed E-state index contributed by atoms with van der Waals surface area (Å²) in [4.78, 5) is 4.05. The number of hydrogen-bond donors (Lipinski definition) is 4. The van der Waals surface area contributed by atoms with Crippen molar-refractivity contribution >= 4 is 17.6 Å². The predicted molar refractivity (Wildman–Crippen MR) is 61.3 cm³/mol. The fourth-order valence-corrected chi connectivity index (χ4v) is 1.86. The van der Waals surface area contributed by atoms with E-state index in [1.54, 1.807) is 24.0 Å². The molecule has 0 amide bonds. The number of thioether (sulfide) groups is 1. The van der Waals surface area contributed by atoms with Crippen molar-refractivity contribution in [3.63, 3.8) is 0 Å². The Hall–Kier alpha value is -0.820. The van der Waals surface area contributed by atoms with Gasteiger partial charge in [-0.2, -0.15) is 11.8 Å². The van der Waals surface area contributed by atoms with Crippen LogP contribution in [0.1, 0.15) is 5.56 Å². The molecule has 1 atom stereocenters. The lowest BCUT2D eigenvalue weighted by Gasteiger charge is -2.06. The van der Waals surface area contributed by atoms with Gasteiger partial charge in [0.1, 0.15) is 5.82 Å². The third-order valence-electron chi connectivity index (χ3n) is 1.76. The highest BCUT2D eigenvalue weighted by molar-refractivity contribution is 7.98. The summed E-state index contributed by atoms with van der Waals surface area (Å²) in [5.41, 5.74) is 3.51. The molecule has 0 radical (unpaired) electrons. The molecule has 1 aromatic rings. The zero-order valence-corrected chi connectivity index (χ0v) is 9.07. The number of anilines is 1. The van der Waals surface area contributed by atoms with Crippen LogP contribution >= 0.6 is 11.8 Å². The number of aromatic nitrogens is 1. The first-order valence-corrected chi connectivity index (χ1v) is 5.70. The van der Waals surface area contributed by atoms with Gasteiger partial charge in [0.2, 0.25) is 0 Å². The Kier molecular flexibility index (Phi) is 5.41. The molecule has 0 fully saturated rings. The average Bonchev–Trinajstić information content (AvgIpc) is 2.29. The first-order valence-electron chi connectivity index (χ1n) is 4.54. The van der Waals surface area contributed by atoms with Crippen LogP contribution in [0.3, 0.4) is 0 Å². The summed E-state index contributed by atoms with van der Waals surface area (Å²) in [5.74, 6) is 7.08. The van der Waals surface area contributed by atoms with E-state index in [4.69, 9.17) is 16.1 Å². The summed E-state index contributed by atoms with van der Waals surface area (Å²) in [6.45, 7) is -0.193. The molecule has 5 N–H and O–H groups in total. The van der Waals surface area contributed by atoms with Gasteiger partial charge in [-0.25, -0.2) is 10.8 Å². The van der Waals surface area contributed by atoms with E-state index in [1.165, 1.54) is 0 Å². The minimum Gasteiger partial charge on any atom is -0.394 e. The first-order chi connectivity index (χ1) is 7.26. The van der Waals surface area contributed by atoms with Crippen molar-refractivity contribution < 1.29 is 10.2 Å². The lowest BCUT2D eigenvalue weighted by molar-refractivity contribution is 0.113. The quantitative estimate of drug-likeness (QED) is 0.404. The molecule has 6 heteroatoms. The number of rotatable bonds is 6. The second kappa shape index (κ2) is 6.62. The number of nitrogens with two attached hydrogens (primary N) is 1. The van der Waals surface area contributed by atoms with Gasteiger partial charge >= 0.3 is 0 Å². The van der Waals surface area contributed by atoms with Crippen LogP contribution in [0.25, 0.3) is 0 Å². The Bertz CT molecular complexity index is 281. The van der Waals surface area contributed by atoms with Crippen LogP contribution in [0.2, 0.25) is 0 Å². The Labute approximate surface area is 92.7 Å². The zero-order chi connectivity index (χ0) is 11.1. The zero-order valence-electron chi connectivity index (χ0n) is 8.26. The number of nitrogens with zero attached hydrogens (tertiary/aromatic N) is 1. The van der Waals surface area contributed by atoms with Gasteiger partial charge in [-0.05, 0) is 11.6 Å². The van der Waals surface area contributed by atoms with Crippen molar-refractivity contribution in [1.29, 1.82) is 0 Å². The molecule has 0 saturated heterocycles. The molecule has 0 aliphatic heterocycles. The number of aliphatic hydroxyl groups excluding tert-OH is 2. The van der Waals surface area contributed by atoms with Gasteiger partial charge in [0.05, 0.1) is 12.7 Å². The van der Waals surface area contributed by atoms with Gasteiger partial charge < -0.3 is 15.6 Å². The molecule has 1 unspecified atom stereocenters. The SMILES string of the molecule is NNc1ccc(CSCC(O)CO)cn1. The molecule has 0 aromatic carbocycles. The van der Waals surface area contributed by atoms with E-state index in [1.807, 2.05) is 6.07 Å². The van der Waals surface area contributed by atoms with Crippen LogP contribution < -0.4 is 11.3 Å². The highest BCUT2D eigenvalue weighted by Crippen LogP contribution is 2.13. The number of hydrazine groups is 1. The molecule has 5 nitrogen and oxygen atoms in total. The van der Waals surface area contributed by atoms with Crippen LogP contribution in [0.4, 0.5) is 5.82 Å². The Morgan fingerprint density at radius 2 is 2.33 bits per heavy atom. The monoisotopic (exact) mass is 229 g/mol. The summed E-state index contributed by atoms with van der Waals surface area (Å²) in [6.07, 6.45) is 1.08. The van der Waals surface area contributed by atoms with Gasteiger partial charge in [0, 0.05) is 17.7 Å². The fourth-order valence-electron chi connectivity index (χ4n) is 0.961. The van der Waals surface area contributed by atoms with Gasteiger partial charge in [0.15, 0.2) is 0 Å². The van der Waals surface area contributed by atoms with E-state index >= 15 is 0 Å². The van der Waals surface area contributed by atoms with E-state index in [2.05, 4.69) is 10.4 Å². The third kappa shape index (κ3) is 4.48. The average molecular weight is 229 g/mol. The van der Waals surface area contributed by atoms with Gasteiger partial charge in [-0.15, -0.1) is 0 Å². The summed E-state index contributed by atoms with van der Waals surface area (Å²) in [7, 11) is 0. The first kappa shape index (κ1) is 12.3. The van der Waals surface area contributed by atoms with Crippen molar-refractivity contribution in [3.05, 3.63) is 23.9 Å². The molecule has 84 valence electrons. The summed E-state index contributed by atoms with van der Waals surface area (Å²) in [6, 6.07) is 3.71. The molecular weight excluding hydrogens is 214 g/mol. The van der Waals surface area contributed by atoms with Crippen LogP contribution in [0.15, 0.2) is 18.3 Å². The molecule has 0 spiro atoms. The molecule has 1 aromatic heterocycles. The standard InChI is InChI=1S/C9H15N3O2S/c10-12-9-2-1-7(3-11-9)5-15-6-8(14)4-13/h1-3,8,13-14H,4-6,10H2,(H,11,12). The fraction of sp³-hybridized carbons (Fsp3) is 0.444. The molecule has 0 aliphatic rings. The highest BCUT2D eigenvalue weighted by atomic mass is 32.2. The predicted octanol–water partition coefficient (Wildman–Crippen LogP) is -0.0464. The van der Waals surface area contributed by atoms with Crippen molar-refractivity contribution in [2.75, 3.05) is 17.8 Å². The van der Waals surface area contributed by atoms with E-state index < -0.39 is 6.10 Å². The van der Waals surface area contributed by atoms with Crippen molar-refractivity contribution in [3.8, 4) is 0 Å². The summed E-state index contributed by atoms with van der Waals surface area (Å²) in [5, 5.41) is 17.7. The third-order valence-corrected chi connectivity index (χ3v) is 2.92. The number of hydrogen-bond acceptors (Lipinski definition) is 6. The molecule has 15 heavy (non-hydrogen) atoms.